The van der Waals surface area contributed by atoms with Gasteiger partial charge in [0.25, 0.3) is 0 Å². The second-order valence-electron chi connectivity index (χ2n) is 6.36. The molecule has 5 heteroatoms. The molecule has 3 rings (SSSR count). The van der Waals surface area contributed by atoms with Gasteiger partial charge < -0.3 is 15.3 Å². The number of rotatable bonds is 6. The first-order chi connectivity index (χ1) is 10.2. The Bertz CT molecular complexity index is 501. The van der Waals surface area contributed by atoms with Crippen LogP contribution in [0.25, 0.3) is 0 Å². The first-order valence-electron chi connectivity index (χ1n) is 8.21. The maximum Gasteiger partial charge on any atom is 0.137 e. The van der Waals surface area contributed by atoms with Gasteiger partial charge in [-0.15, -0.1) is 0 Å². The molecule has 0 aromatic carbocycles. The van der Waals surface area contributed by atoms with Crippen molar-refractivity contribution in [3.8, 4) is 0 Å². The van der Waals surface area contributed by atoms with Crippen LogP contribution in [-0.2, 0) is 0 Å². The lowest BCUT2D eigenvalue weighted by Gasteiger charge is -2.22. The average Bonchev–Trinajstić information content (AvgIpc) is 3.24. The average molecular weight is 290 g/mol. The summed E-state index contributed by atoms with van der Waals surface area (Å²) in [6, 6.07) is 0. The molecule has 1 saturated heterocycles. The minimum atomic E-state index is 0.275. The topological polar surface area (TPSA) is 61.3 Å². The van der Waals surface area contributed by atoms with Crippen molar-refractivity contribution in [3.63, 3.8) is 0 Å². The van der Waals surface area contributed by atoms with Gasteiger partial charge in [-0.25, -0.2) is 9.97 Å². The van der Waals surface area contributed by atoms with Gasteiger partial charge in [-0.2, -0.15) is 0 Å². The Morgan fingerprint density at radius 1 is 1.29 bits per heavy atom. The molecule has 2 aliphatic rings. The van der Waals surface area contributed by atoms with Crippen LogP contribution in [0.1, 0.15) is 49.9 Å². The normalized spacial score (nSPS) is 21.9. The van der Waals surface area contributed by atoms with Gasteiger partial charge in [-0.3, -0.25) is 0 Å². The second-order valence-corrected chi connectivity index (χ2v) is 6.36. The molecule has 21 heavy (non-hydrogen) atoms. The van der Waals surface area contributed by atoms with Crippen molar-refractivity contribution < 1.29 is 5.11 Å². The smallest absolute Gasteiger partial charge is 0.137 e. The van der Waals surface area contributed by atoms with Crippen molar-refractivity contribution in [3.05, 3.63) is 11.4 Å². The SMILES string of the molecule is CCCNc1nc(C2CC2)nc(N2CCC(CO)C2)c1C. The van der Waals surface area contributed by atoms with Gasteiger partial charge >= 0.3 is 0 Å². The van der Waals surface area contributed by atoms with E-state index in [9.17, 15) is 5.11 Å². The summed E-state index contributed by atoms with van der Waals surface area (Å²) in [4.78, 5) is 11.9. The van der Waals surface area contributed by atoms with E-state index in [0.29, 0.717) is 11.8 Å². The Hall–Kier alpha value is -1.36. The van der Waals surface area contributed by atoms with Crippen molar-refractivity contribution >= 4 is 11.6 Å². The highest BCUT2D eigenvalue weighted by molar-refractivity contribution is 5.59. The number of nitrogens with one attached hydrogen (secondary N) is 1. The fourth-order valence-corrected chi connectivity index (χ4v) is 2.94. The van der Waals surface area contributed by atoms with Crippen molar-refractivity contribution in [1.82, 2.24) is 9.97 Å². The number of hydrogen-bond donors (Lipinski definition) is 2. The first-order valence-corrected chi connectivity index (χ1v) is 8.21. The van der Waals surface area contributed by atoms with Crippen LogP contribution >= 0.6 is 0 Å². The van der Waals surface area contributed by atoms with Crippen molar-refractivity contribution in [2.24, 2.45) is 5.92 Å². The van der Waals surface area contributed by atoms with Crippen LogP contribution < -0.4 is 10.2 Å². The summed E-state index contributed by atoms with van der Waals surface area (Å²) in [7, 11) is 0. The number of hydrogen-bond acceptors (Lipinski definition) is 5. The van der Waals surface area contributed by atoms with Crippen LogP contribution in [0.2, 0.25) is 0 Å². The van der Waals surface area contributed by atoms with Gasteiger partial charge in [0.05, 0.1) is 0 Å². The molecule has 0 bridgehead atoms. The second kappa shape index (κ2) is 6.18. The van der Waals surface area contributed by atoms with Crippen molar-refractivity contribution in [2.45, 2.75) is 45.4 Å². The van der Waals surface area contributed by atoms with Crippen molar-refractivity contribution in [2.75, 3.05) is 36.5 Å². The minimum absolute atomic E-state index is 0.275. The minimum Gasteiger partial charge on any atom is -0.396 e. The monoisotopic (exact) mass is 290 g/mol. The van der Waals surface area contributed by atoms with Crippen LogP contribution in [0.4, 0.5) is 11.6 Å². The number of aromatic nitrogens is 2. The fourth-order valence-electron chi connectivity index (χ4n) is 2.94. The van der Waals surface area contributed by atoms with Crippen LogP contribution in [-0.4, -0.2) is 41.3 Å². The van der Waals surface area contributed by atoms with Gasteiger partial charge in [-0.1, -0.05) is 6.92 Å². The molecule has 2 N–H and O–H groups in total. The van der Waals surface area contributed by atoms with Gasteiger partial charge in [-0.05, 0) is 32.6 Å². The lowest BCUT2D eigenvalue weighted by Crippen LogP contribution is -2.24. The van der Waals surface area contributed by atoms with E-state index in [4.69, 9.17) is 9.97 Å². The number of anilines is 2. The molecule has 1 aliphatic carbocycles. The van der Waals surface area contributed by atoms with Crippen molar-refractivity contribution in [1.29, 1.82) is 0 Å². The lowest BCUT2D eigenvalue weighted by molar-refractivity contribution is 0.238. The molecule has 1 aromatic rings. The largest absolute Gasteiger partial charge is 0.396 e. The Morgan fingerprint density at radius 2 is 2.10 bits per heavy atom. The zero-order valence-electron chi connectivity index (χ0n) is 13.1. The quantitative estimate of drug-likeness (QED) is 0.842. The number of aliphatic hydroxyl groups is 1. The molecule has 1 unspecified atom stereocenters. The van der Waals surface area contributed by atoms with Crippen LogP contribution in [0.3, 0.4) is 0 Å². The molecule has 2 fully saturated rings. The zero-order chi connectivity index (χ0) is 14.8. The van der Waals surface area contributed by atoms with E-state index >= 15 is 0 Å². The summed E-state index contributed by atoms with van der Waals surface area (Å²) in [6.45, 7) is 7.39. The van der Waals surface area contributed by atoms with E-state index in [2.05, 4.69) is 24.1 Å². The number of nitrogens with zero attached hydrogens (tertiary/aromatic N) is 3. The Labute approximate surface area is 126 Å². The summed E-state index contributed by atoms with van der Waals surface area (Å²) in [5.74, 6) is 4.01. The first kappa shape index (κ1) is 14.6. The molecule has 116 valence electrons. The molecule has 1 saturated carbocycles. The molecular formula is C16H26N4O. The fraction of sp³-hybridized carbons (Fsp3) is 0.750. The van der Waals surface area contributed by atoms with Crippen LogP contribution in [0.5, 0.6) is 0 Å². The van der Waals surface area contributed by atoms with E-state index in [1.54, 1.807) is 0 Å². The lowest BCUT2D eigenvalue weighted by atomic mass is 10.1. The summed E-state index contributed by atoms with van der Waals surface area (Å²) >= 11 is 0. The summed E-state index contributed by atoms with van der Waals surface area (Å²) in [6.07, 6.45) is 4.58. The standard InChI is InChI=1S/C16H26N4O/c1-3-7-17-14-11(2)16(19-15(18-14)13-4-5-13)20-8-6-12(9-20)10-21/h12-13,21H,3-10H2,1-2H3,(H,17,18,19). The molecular weight excluding hydrogens is 264 g/mol. The van der Waals surface area contributed by atoms with Gasteiger partial charge in [0.1, 0.15) is 17.5 Å². The number of aliphatic hydroxyl groups excluding tert-OH is 1. The van der Waals surface area contributed by atoms with Gasteiger partial charge in [0.2, 0.25) is 0 Å². The van der Waals surface area contributed by atoms with Crippen LogP contribution in [0, 0.1) is 12.8 Å². The third kappa shape index (κ3) is 3.12. The Balaban J connectivity index is 1.88. The zero-order valence-corrected chi connectivity index (χ0v) is 13.1. The Morgan fingerprint density at radius 3 is 2.71 bits per heavy atom. The van der Waals surface area contributed by atoms with Crippen LogP contribution in [0.15, 0.2) is 0 Å². The van der Waals surface area contributed by atoms with E-state index in [1.807, 2.05) is 0 Å². The summed E-state index contributed by atoms with van der Waals surface area (Å²) in [5, 5.41) is 12.8. The predicted molar refractivity (Wildman–Crippen MR) is 84.9 cm³/mol. The third-order valence-corrected chi connectivity index (χ3v) is 4.47. The molecule has 1 aromatic heterocycles. The molecule has 5 nitrogen and oxygen atoms in total. The van der Waals surface area contributed by atoms with E-state index in [0.717, 1.165) is 55.5 Å². The molecule has 0 spiro atoms. The summed E-state index contributed by atoms with van der Waals surface area (Å²) in [5.41, 5.74) is 1.14. The highest BCUT2D eigenvalue weighted by atomic mass is 16.3. The highest BCUT2D eigenvalue weighted by Crippen LogP contribution is 2.40. The van der Waals surface area contributed by atoms with E-state index in [-0.39, 0.29) is 6.61 Å². The third-order valence-electron chi connectivity index (χ3n) is 4.47. The van der Waals surface area contributed by atoms with E-state index < -0.39 is 0 Å². The maximum atomic E-state index is 9.35. The molecule has 1 aliphatic heterocycles. The maximum absolute atomic E-state index is 9.35. The van der Waals surface area contributed by atoms with E-state index in [1.165, 1.54) is 12.8 Å². The molecule has 2 heterocycles. The molecule has 1 atom stereocenters. The molecule has 0 radical (unpaired) electrons. The molecule has 0 amide bonds. The van der Waals surface area contributed by atoms with Gasteiger partial charge in [0, 0.05) is 43.6 Å². The van der Waals surface area contributed by atoms with Gasteiger partial charge in [0.15, 0.2) is 0 Å². The Kier molecular flexibility index (Phi) is 4.29. The predicted octanol–water partition coefficient (Wildman–Crippen LogP) is 2.30. The highest BCUT2D eigenvalue weighted by Gasteiger charge is 2.30. The summed E-state index contributed by atoms with van der Waals surface area (Å²) < 4.78 is 0.